The Morgan fingerprint density at radius 3 is 2.79 bits per heavy atom. The van der Waals surface area contributed by atoms with Crippen molar-refractivity contribution in [3.63, 3.8) is 0 Å². The highest BCUT2D eigenvalue weighted by molar-refractivity contribution is 8.00. The first-order valence-corrected chi connectivity index (χ1v) is 8.51. The Kier molecular flexibility index (Phi) is 7.22. The van der Waals surface area contributed by atoms with Gasteiger partial charge >= 0.3 is 5.97 Å². The van der Waals surface area contributed by atoms with Crippen LogP contribution in [0.15, 0.2) is 0 Å². The number of rotatable bonds is 7. The monoisotopic (exact) mass is 287 g/mol. The van der Waals surface area contributed by atoms with E-state index in [4.69, 9.17) is 4.74 Å². The van der Waals surface area contributed by atoms with Crippen molar-refractivity contribution in [3.05, 3.63) is 0 Å². The summed E-state index contributed by atoms with van der Waals surface area (Å²) in [6.07, 6.45) is 6.29. The molecule has 1 aliphatic rings. The van der Waals surface area contributed by atoms with Gasteiger partial charge in [-0.1, -0.05) is 26.7 Å². The quantitative estimate of drug-likeness (QED) is 0.730. The molecule has 0 bridgehead atoms. The number of hydrogen-bond donors (Lipinski definition) is 1. The van der Waals surface area contributed by atoms with E-state index in [1.165, 1.54) is 32.8 Å². The molecule has 4 heteroatoms. The summed E-state index contributed by atoms with van der Waals surface area (Å²) in [6.45, 7) is 7.27. The zero-order valence-electron chi connectivity index (χ0n) is 12.8. The topological polar surface area (TPSA) is 38.3 Å². The number of thioether (sulfide) groups is 1. The molecule has 0 aliphatic heterocycles. The van der Waals surface area contributed by atoms with Gasteiger partial charge in [0.15, 0.2) is 0 Å². The Labute approximate surface area is 122 Å². The summed E-state index contributed by atoms with van der Waals surface area (Å²) in [4.78, 5) is 12.0. The number of carbonyl (C=O) groups is 1. The second-order valence-corrected chi connectivity index (χ2v) is 7.24. The molecule has 1 aliphatic carbocycles. The van der Waals surface area contributed by atoms with E-state index in [0.717, 1.165) is 24.6 Å². The second kappa shape index (κ2) is 8.15. The molecule has 1 N–H and O–H groups in total. The lowest BCUT2D eigenvalue weighted by Gasteiger charge is -2.32. The number of esters is 1. The van der Waals surface area contributed by atoms with Crippen LogP contribution in [0.2, 0.25) is 0 Å². The van der Waals surface area contributed by atoms with Crippen LogP contribution in [0.5, 0.6) is 0 Å². The van der Waals surface area contributed by atoms with E-state index in [1.54, 1.807) is 0 Å². The predicted octanol–water partition coefficient (Wildman–Crippen LogP) is 3.23. The van der Waals surface area contributed by atoms with Crippen LogP contribution < -0.4 is 5.32 Å². The van der Waals surface area contributed by atoms with Crippen LogP contribution in [0.3, 0.4) is 0 Å². The number of hydrogen-bond acceptors (Lipinski definition) is 4. The van der Waals surface area contributed by atoms with E-state index in [9.17, 15) is 4.79 Å². The molecule has 3 atom stereocenters. The first-order chi connectivity index (χ1) is 9.01. The van der Waals surface area contributed by atoms with Crippen molar-refractivity contribution < 1.29 is 9.53 Å². The molecule has 1 rings (SSSR count). The minimum Gasteiger partial charge on any atom is -0.468 e. The average molecular weight is 287 g/mol. The van der Waals surface area contributed by atoms with Gasteiger partial charge in [-0.05, 0) is 38.6 Å². The molecule has 1 fully saturated rings. The summed E-state index contributed by atoms with van der Waals surface area (Å²) >= 11 is 1.94. The number of methoxy groups -OCH3 is 1. The maximum absolute atomic E-state index is 12.0. The van der Waals surface area contributed by atoms with Gasteiger partial charge in [0.25, 0.3) is 0 Å². The molecular weight excluding hydrogens is 258 g/mol. The van der Waals surface area contributed by atoms with Crippen LogP contribution in [-0.2, 0) is 9.53 Å². The van der Waals surface area contributed by atoms with E-state index >= 15 is 0 Å². The van der Waals surface area contributed by atoms with E-state index in [2.05, 4.69) is 19.2 Å². The molecule has 3 nitrogen and oxygen atoms in total. The molecule has 0 heterocycles. The van der Waals surface area contributed by atoms with Crippen LogP contribution in [0.1, 0.15) is 52.9 Å². The van der Waals surface area contributed by atoms with E-state index in [1.807, 2.05) is 18.7 Å². The lowest BCUT2D eigenvalue weighted by molar-refractivity contribution is -0.146. The van der Waals surface area contributed by atoms with Gasteiger partial charge in [0.2, 0.25) is 0 Å². The maximum atomic E-state index is 12.0. The summed E-state index contributed by atoms with van der Waals surface area (Å²) < 4.78 is 4.96. The molecule has 0 aromatic carbocycles. The molecule has 19 heavy (non-hydrogen) atoms. The van der Waals surface area contributed by atoms with Crippen LogP contribution in [0.4, 0.5) is 0 Å². The van der Waals surface area contributed by atoms with Gasteiger partial charge in [0, 0.05) is 11.0 Å². The zero-order valence-corrected chi connectivity index (χ0v) is 13.6. The molecule has 112 valence electrons. The van der Waals surface area contributed by atoms with Gasteiger partial charge < -0.3 is 10.1 Å². The van der Waals surface area contributed by atoms with Crippen molar-refractivity contribution in [2.24, 2.45) is 5.92 Å². The Bertz CT molecular complexity index is 285. The van der Waals surface area contributed by atoms with Crippen molar-refractivity contribution in [2.45, 2.75) is 63.7 Å². The summed E-state index contributed by atoms with van der Waals surface area (Å²) in [5.41, 5.74) is -0.546. The van der Waals surface area contributed by atoms with Crippen molar-refractivity contribution in [1.29, 1.82) is 0 Å². The van der Waals surface area contributed by atoms with Crippen molar-refractivity contribution in [2.75, 3.05) is 19.4 Å². The molecule has 0 amide bonds. The molecule has 0 saturated heterocycles. The minimum atomic E-state index is -0.546. The lowest BCUT2D eigenvalue weighted by atomic mass is 9.91. The summed E-state index contributed by atoms with van der Waals surface area (Å²) in [7, 11) is 1.47. The molecule has 1 saturated carbocycles. The van der Waals surface area contributed by atoms with Crippen molar-refractivity contribution >= 4 is 17.7 Å². The lowest BCUT2D eigenvalue weighted by Crippen LogP contribution is -2.53. The van der Waals surface area contributed by atoms with Crippen LogP contribution in [-0.4, -0.2) is 36.2 Å². The Morgan fingerprint density at radius 2 is 2.21 bits per heavy atom. The molecular formula is C15H29NO2S. The molecule has 0 radical (unpaired) electrons. The molecule has 0 aromatic rings. The Hall–Kier alpha value is -0.220. The highest BCUT2D eigenvalue weighted by Gasteiger charge is 2.35. The third-order valence-electron chi connectivity index (χ3n) is 3.90. The van der Waals surface area contributed by atoms with Gasteiger partial charge in [-0.2, -0.15) is 11.8 Å². The third kappa shape index (κ3) is 5.35. The van der Waals surface area contributed by atoms with Crippen LogP contribution >= 0.6 is 11.8 Å². The number of nitrogens with one attached hydrogen (secondary N) is 1. The van der Waals surface area contributed by atoms with E-state index < -0.39 is 5.54 Å². The van der Waals surface area contributed by atoms with Gasteiger partial charge in [0.05, 0.1) is 7.11 Å². The first-order valence-electron chi connectivity index (χ1n) is 7.47. The smallest absolute Gasteiger partial charge is 0.326 e. The normalized spacial score (nSPS) is 26.7. The van der Waals surface area contributed by atoms with Crippen molar-refractivity contribution in [3.8, 4) is 0 Å². The third-order valence-corrected chi connectivity index (χ3v) is 5.54. The van der Waals surface area contributed by atoms with Crippen LogP contribution in [0, 0.1) is 5.92 Å². The summed E-state index contributed by atoms with van der Waals surface area (Å²) in [6, 6.07) is 0. The fraction of sp³-hybridized carbons (Fsp3) is 0.933. The number of carbonyl (C=O) groups excluding carboxylic acids is 1. The summed E-state index contributed by atoms with van der Waals surface area (Å²) in [5, 5.41) is 4.06. The minimum absolute atomic E-state index is 0.141. The van der Waals surface area contributed by atoms with Crippen LogP contribution in [0.25, 0.3) is 0 Å². The fourth-order valence-corrected chi connectivity index (χ4v) is 4.21. The van der Waals surface area contributed by atoms with Crippen molar-refractivity contribution in [1.82, 2.24) is 5.32 Å². The SMILES string of the molecule is CCCNC(C)(CSC1CCCC(C)C1)C(=O)OC. The van der Waals surface area contributed by atoms with Gasteiger partial charge in [-0.25, -0.2) is 0 Å². The Morgan fingerprint density at radius 1 is 1.47 bits per heavy atom. The number of ether oxygens (including phenoxy) is 1. The largest absolute Gasteiger partial charge is 0.468 e. The predicted molar refractivity (Wildman–Crippen MR) is 82.6 cm³/mol. The molecule has 0 spiro atoms. The maximum Gasteiger partial charge on any atom is 0.326 e. The van der Waals surface area contributed by atoms with E-state index in [-0.39, 0.29) is 5.97 Å². The van der Waals surface area contributed by atoms with Gasteiger partial charge in [0.1, 0.15) is 5.54 Å². The highest BCUT2D eigenvalue weighted by atomic mass is 32.2. The zero-order chi connectivity index (χ0) is 14.3. The molecule has 0 aromatic heterocycles. The second-order valence-electron chi connectivity index (χ2n) is 5.96. The fourth-order valence-electron chi connectivity index (χ4n) is 2.62. The first kappa shape index (κ1) is 16.8. The summed E-state index contributed by atoms with van der Waals surface area (Å²) in [5.74, 6) is 1.49. The van der Waals surface area contributed by atoms with Gasteiger partial charge in [-0.3, -0.25) is 4.79 Å². The Balaban J connectivity index is 2.49. The average Bonchev–Trinajstić information content (AvgIpc) is 2.42. The standard InChI is InChI=1S/C15H29NO2S/c1-5-9-16-15(3,14(17)18-4)11-19-13-8-6-7-12(2)10-13/h12-13,16H,5-11H2,1-4H3. The van der Waals surface area contributed by atoms with Gasteiger partial charge in [-0.15, -0.1) is 0 Å². The highest BCUT2D eigenvalue weighted by Crippen LogP contribution is 2.33. The molecule has 3 unspecified atom stereocenters. The van der Waals surface area contributed by atoms with E-state index in [0.29, 0.717) is 5.25 Å².